The lowest BCUT2D eigenvalue weighted by Gasteiger charge is -2.26. The Balaban J connectivity index is 1.52. The van der Waals surface area contributed by atoms with E-state index in [1.165, 1.54) is 36.4 Å². The highest BCUT2D eigenvalue weighted by molar-refractivity contribution is 6.43. The van der Waals surface area contributed by atoms with Crippen LogP contribution in [0.1, 0.15) is 16.7 Å². The summed E-state index contributed by atoms with van der Waals surface area (Å²) in [4.78, 5) is 51.1. The quantitative estimate of drug-likeness (QED) is 0.243. The Morgan fingerprint density at radius 2 is 1.59 bits per heavy atom. The van der Waals surface area contributed by atoms with Crippen LogP contribution in [0.2, 0.25) is 20.1 Å². The lowest BCUT2D eigenvalue weighted by atomic mass is 10.1. The van der Waals surface area contributed by atoms with Crippen molar-refractivity contribution in [2.45, 2.75) is 13.8 Å². The molecule has 0 atom stereocenters. The summed E-state index contributed by atoms with van der Waals surface area (Å²) in [5.74, 6) is -2.18. The molecule has 1 heterocycles. The Morgan fingerprint density at radius 3 is 2.23 bits per heavy atom. The molecule has 8 nitrogen and oxygen atoms in total. The van der Waals surface area contributed by atoms with E-state index in [2.05, 4.69) is 10.6 Å². The fourth-order valence-corrected chi connectivity index (χ4v) is 4.54. The number of benzene rings is 3. The Bertz CT molecular complexity index is 1550. The van der Waals surface area contributed by atoms with E-state index >= 15 is 0 Å². The van der Waals surface area contributed by atoms with Crippen molar-refractivity contribution in [1.82, 2.24) is 5.32 Å². The van der Waals surface area contributed by atoms with Gasteiger partial charge >= 0.3 is 6.03 Å². The Morgan fingerprint density at radius 1 is 0.897 bits per heavy atom. The number of imide groups is 2. The molecule has 1 fully saturated rings. The first-order chi connectivity index (χ1) is 18.4. The van der Waals surface area contributed by atoms with Gasteiger partial charge in [-0.3, -0.25) is 19.7 Å². The number of nitrogens with one attached hydrogen (secondary N) is 2. The molecule has 3 aromatic carbocycles. The Hall–Kier alpha value is -3.56. The summed E-state index contributed by atoms with van der Waals surface area (Å²) >= 11 is 24.6. The molecule has 0 bridgehead atoms. The number of halogens is 4. The maximum atomic E-state index is 13.1. The number of carbonyl (C=O) groups excluding carboxylic acids is 4. The van der Waals surface area contributed by atoms with Gasteiger partial charge in [0.05, 0.1) is 25.8 Å². The van der Waals surface area contributed by atoms with Crippen molar-refractivity contribution in [3.8, 4) is 5.75 Å². The average molecular weight is 607 g/mol. The predicted octanol–water partition coefficient (Wildman–Crippen LogP) is 6.60. The molecule has 0 aliphatic carbocycles. The summed E-state index contributed by atoms with van der Waals surface area (Å²) in [6.45, 7) is 3.54. The van der Waals surface area contributed by atoms with Crippen LogP contribution in [-0.2, 0) is 14.4 Å². The monoisotopic (exact) mass is 605 g/mol. The molecular formula is C27H19Cl4N3O5. The van der Waals surface area contributed by atoms with Crippen LogP contribution in [0.25, 0.3) is 6.08 Å². The van der Waals surface area contributed by atoms with Crippen molar-refractivity contribution < 1.29 is 23.9 Å². The molecule has 5 amide bonds. The van der Waals surface area contributed by atoms with Crippen molar-refractivity contribution in [2.75, 3.05) is 16.8 Å². The highest BCUT2D eigenvalue weighted by atomic mass is 35.5. The number of urea groups is 1. The summed E-state index contributed by atoms with van der Waals surface area (Å²) in [6.07, 6.45) is 1.22. The lowest BCUT2D eigenvalue weighted by Crippen LogP contribution is -2.54. The number of hydrogen-bond acceptors (Lipinski definition) is 5. The molecule has 3 aromatic rings. The molecule has 4 rings (SSSR count). The van der Waals surface area contributed by atoms with Gasteiger partial charge < -0.3 is 10.1 Å². The molecule has 200 valence electrons. The average Bonchev–Trinajstić information content (AvgIpc) is 2.85. The van der Waals surface area contributed by atoms with Crippen molar-refractivity contribution in [1.29, 1.82) is 0 Å². The number of ether oxygens (including phenoxy) is 1. The second kappa shape index (κ2) is 11.7. The van der Waals surface area contributed by atoms with Gasteiger partial charge in [-0.25, -0.2) is 9.69 Å². The number of nitrogens with zero attached hydrogens (tertiary/aromatic N) is 1. The molecule has 1 saturated heterocycles. The SMILES string of the molecule is Cc1ccc(NC(=O)COc2c(Cl)cc(/C=C3/C(=O)NC(=O)N(c4ccc(Cl)c(Cl)c4)C3=O)cc2Cl)cc1C. The van der Waals surface area contributed by atoms with Crippen LogP contribution in [0.5, 0.6) is 5.75 Å². The third-order valence-corrected chi connectivity index (χ3v) is 7.03. The fraction of sp³-hybridized carbons (Fsp3) is 0.111. The topological polar surface area (TPSA) is 105 Å². The summed E-state index contributed by atoms with van der Waals surface area (Å²) in [7, 11) is 0. The van der Waals surface area contributed by atoms with E-state index < -0.39 is 23.8 Å². The first kappa shape index (κ1) is 28.4. The number of hydrogen-bond donors (Lipinski definition) is 2. The predicted molar refractivity (Wildman–Crippen MR) is 152 cm³/mol. The van der Waals surface area contributed by atoms with Gasteiger partial charge in [0.25, 0.3) is 17.7 Å². The number of amides is 5. The highest BCUT2D eigenvalue weighted by Gasteiger charge is 2.37. The minimum atomic E-state index is -0.945. The van der Waals surface area contributed by atoms with Gasteiger partial charge in [-0.05, 0) is 79.1 Å². The summed E-state index contributed by atoms with van der Waals surface area (Å²) in [6, 6.07) is 11.5. The number of carbonyl (C=O) groups is 4. The third-order valence-electron chi connectivity index (χ3n) is 5.73. The molecule has 0 spiro atoms. The lowest BCUT2D eigenvalue weighted by molar-refractivity contribution is -0.122. The van der Waals surface area contributed by atoms with Crippen LogP contribution in [0.3, 0.4) is 0 Å². The van der Waals surface area contributed by atoms with Crippen LogP contribution < -0.4 is 20.3 Å². The Labute approximate surface area is 243 Å². The van der Waals surface area contributed by atoms with Gasteiger partial charge in [0.15, 0.2) is 12.4 Å². The molecule has 0 unspecified atom stereocenters. The molecule has 2 N–H and O–H groups in total. The van der Waals surface area contributed by atoms with Crippen molar-refractivity contribution in [2.24, 2.45) is 0 Å². The zero-order valence-corrected chi connectivity index (χ0v) is 23.4. The van der Waals surface area contributed by atoms with Crippen LogP contribution in [0.4, 0.5) is 16.2 Å². The van der Waals surface area contributed by atoms with Crippen molar-refractivity contribution >= 4 is 87.6 Å². The molecule has 0 radical (unpaired) electrons. The highest BCUT2D eigenvalue weighted by Crippen LogP contribution is 2.35. The van der Waals surface area contributed by atoms with E-state index in [4.69, 9.17) is 51.1 Å². The van der Waals surface area contributed by atoms with E-state index in [1.807, 2.05) is 26.0 Å². The van der Waals surface area contributed by atoms with Crippen LogP contribution >= 0.6 is 46.4 Å². The van der Waals surface area contributed by atoms with Gasteiger partial charge in [0.1, 0.15) is 5.57 Å². The zero-order chi connectivity index (χ0) is 28.4. The van der Waals surface area contributed by atoms with Crippen LogP contribution in [0.15, 0.2) is 54.1 Å². The maximum Gasteiger partial charge on any atom is 0.335 e. The maximum absolute atomic E-state index is 13.1. The zero-order valence-electron chi connectivity index (χ0n) is 20.4. The smallest absolute Gasteiger partial charge is 0.335 e. The van der Waals surface area contributed by atoms with Crippen molar-refractivity contribution in [3.63, 3.8) is 0 Å². The second-order valence-corrected chi connectivity index (χ2v) is 10.1. The fourth-order valence-electron chi connectivity index (χ4n) is 3.64. The Kier molecular flexibility index (Phi) is 8.51. The number of barbiturate groups is 1. The first-order valence-electron chi connectivity index (χ1n) is 11.3. The van der Waals surface area contributed by atoms with Crippen molar-refractivity contribution in [3.05, 3.63) is 90.9 Å². The summed E-state index contributed by atoms with van der Waals surface area (Å²) in [5, 5.41) is 5.26. The molecular weight excluding hydrogens is 588 g/mol. The molecule has 39 heavy (non-hydrogen) atoms. The van der Waals surface area contributed by atoms with E-state index in [9.17, 15) is 19.2 Å². The molecule has 0 saturated carbocycles. The molecule has 1 aliphatic heterocycles. The normalized spacial score (nSPS) is 14.5. The minimum absolute atomic E-state index is 0.0365. The number of rotatable bonds is 6. The van der Waals surface area contributed by atoms with Gasteiger partial charge in [0, 0.05) is 5.69 Å². The summed E-state index contributed by atoms with van der Waals surface area (Å²) < 4.78 is 5.53. The number of aryl methyl sites for hydroxylation is 2. The van der Waals surface area contributed by atoms with E-state index in [0.717, 1.165) is 16.0 Å². The summed E-state index contributed by atoms with van der Waals surface area (Å²) in [5.41, 5.74) is 2.78. The third kappa shape index (κ3) is 6.37. The van der Waals surface area contributed by atoms with Crippen LogP contribution in [0, 0.1) is 13.8 Å². The van der Waals surface area contributed by atoms with Gasteiger partial charge in [-0.2, -0.15) is 0 Å². The first-order valence-corrected chi connectivity index (χ1v) is 12.8. The van der Waals surface area contributed by atoms with Gasteiger partial charge in [-0.1, -0.05) is 52.5 Å². The van der Waals surface area contributed by atoms with Gasteiger partial charge in [-0.15, -0.1) is 0 Å². The van der Waals surface area contributed by atoms with E-state index in [0.29, 0.717) is 5.69 Å². The second-order valence-electron chi connectivity index (χ2n) is 8.51. The molecule has 1 aliphatic rings. The van der Waals surface area contributed by atoms with Gasteiger partial charge in [0.2, 0.25) is 0 Å². The number of anilines is 2. The molecule has 0 aromatic heterocycles. The minimum Gasteiger partial charge on any atom is -0.481 e. The van der Waals surface area contributed by atoms with Crippen LogP contribution in [-0.4, -0.2) is 30.4 Å². The van der Waals surface area contributed by atoms with E-state index in [-0.39, 0.29) is 49.3 Å². The molecule has 12 heteroatoms. The van der Waals surface area contributed by atoms with E-state index in [1.54, 1.807) is 6.07 Å². The largest absolute Gasteiger partial charge is 0.481 e. The standard InChI is InChI=1S/C27H19Cl4N3O5/c1-13-3-4-16(7-14(13)2)32-23(35)12-39-24-21(30)9-15(10-22(24)31)8-18-25(36)33-27(38)34(26(18)37)17-5-6-19(28)20(29)11-17/h3-11H,12H2,1-2H3,(H,32,35)(H,33,36,38)/b18-8-.